The van der Waals surface area contributed by atoms with Crippen molar-refractivity contribution in [2.24, 2.45) is 0 Å². The van der Waals surface area contributed by atoms with E-state index >= 15 is 0 Å². The molecule has 2 aliphatic rings. The average molecular weight is 309 g/mol. The lowest BCUT2D eigenvalue weighted by Gasteiger charge is -2.28. The van der Waals surface area contributed by atoms with Gasteiger partial charge in [0.25, 0.3) is 0 Å². The van der Waals surface area contributed by atoms with Gasteiger partial charge in [0.15, 0.2) is 0 Å². The van der Waals surface area contributed by atoms with Gasteiger partial charge in [-0.25, -0.2) is 4.79 Å². The molecule has 2 aliphatic heterocycles. The molecule has 1 atom stereocenters. The van der Waals surface area contributed by atoms with Crippen molar-refractivity contribution < 1.29 is 9.53 Å². The lowest BCUT2D eigenvalue weighted by molar-refractivity contribution is 0.193. The van der Waals surface area contributed by atoms with Crippen LogP contribution < -0.4 is 15.0 Å². The molecule has 2 amide bonds. The summed E-state index contributed by atoms with van der Waals surface area (Å²) < 4.78 is 5.87. The molecule has 0 saturated carbocycles. The Balaban J connectivity index is 1.55. The highest BCUT2D eigenvalue weighted by Crippen LogP contribution is 2.29. The van der Waals surface area contributed by atoms with Crippen molar-refractivity contribution in [3.63, 3.8) is 0 Å². The number of nitrogens with one attached hydrogen (secondary N) is 1. The van der Waals surface area contributed by atoms with E-state index in [9.17, 15) is 4.79 Å². The highest BCUT2D eigenvalue weighted by molar-refractivity contribution is 5.95. The SMILES string of the molecule is O=C1N(c2cccc(Oc3ccccc3)c2)CC2CNCCN12. The Hall–Kier alpha value is -2.53. The molecular weight excluding hydrogens is 290 g/mol. The van der Waals surface area contributed by atoms with Crippen molar-refractivity contribution in [1.29, 1.82) is 0 Å². The number of piperazine rings is 1. The van der Waals surface area contributed by atoms with Gasteiger partial charge in [0.05, 0.1) is 6.04 Å². The summed E-state index contributed by atoms with van der Waals surface area (Å²) in [5.74, 6) is 1.53. The number of rotatable bonds is 3. The molecule has 0 aromatic heterocycles. The molecule has 1 N–H and O–H groups in total. The second-order valence-electron chi connectivity index (χ2n) is 5.86. The van der Waals surface area contributed by atoms with Gasteiger partial charge >= 0.3 is 6.03 Å². The summed E-state index contributed by atoms with van der Waals surface area (Å²) in [4.78, 5) is 16.4. The fourth-order valence-corrected chi connectivity index (χ4v) is 3.18. The molecule has 23 heavy (non-hydrogen) atoms. The van der Waals surface area contributed by atoms with Gasteiger partial charge in [0, 0.05) is 37.9 Å². The van der Waals surface area contributed by atoms with Crippen LogP contribution in [0.25, 0.3) is 0 Å². The van der Waals surface area contributed by atoms with E-state index in [-0.39, 0.29) is 12.1 Å². The van der Waals surface area contributed by atoms with Crippen LogP contribution in [-0.2, 0) is 0 Å². The van der Waals surface area contributed by atoms with E-state index in [4.69, 9.17) is 4.74 Å². The Kier molecular flexibility index (Phi) is 3.63. The first-order valence-corrected chi connectivity index (χ1v) is 7.93. The number of ether oxygens (including phenoxy) is 1. The van der Waals surface area contributed by atoms with Crippen LogP contribution in [0.2, 0.25) is 0 Å². The summed E-state index contributed by atoms with van der Waals surface area (Å²) >= 11 is 0. The fourth-order valence-electron chi connectivity index (χ4n) is 3.18. The van der Waals surface area contributed by atoms with Gasteiger partial charge in [0.2, 0.25) is 0 Å². The summed E-state index contributed by atoms with van der Waals surface area (Å²) in [7, 11) is 0. The van der Waals surface area contributed by atoms with Crippen LogP contribution in [0.5, 0.6) is 11.5 Å². The number of hydrogen-bond acceptors (Lipinski definition) is 3. The second-order valence-corrected chi connectivity index (χ2v) is 5.86. The number of nitrogens with zero attached hydrogens (tertiary/aromatic N) is 2. The molecule has 2 fully saturated rings. The van der Waals surface area contributed by atoms with Gasteiger partial charge in [-0.3, -0.25) is 4.90 Å². The second kappa shape index (κ2) is 5.93. The Morgan fingerprint density at radius 2 is 1.87 bits per heavy atom. The topological polar surface area (TPSA) is 44.8 Å². The minimum atomic E-state index is 0.0911. The lowest BCUT2D eigenvalue weighted by atomic mass is 10.2. The Morgan fingerprint density at radius 3 is 2.70 bits per heavy atom. The van der Waals surface area contributed by atoms with Crippen molar-refractivity contribution in [3.05, 3.63) is 54.6 Å². The summed E-state index contributed by atoms with van der Waals surface area (Å²) in [6.07, 6.45) is 0. The van der Waals surface area contributed by atoms with Crippen LogP contribution in [-0.4, -0.2) is 43.2 Å². The van der Waals surface area contributed by atoms with Gasteiger partial charge in [-0.05, 0) is 24.3 Å². The zero-order valence-corrected chi connectivity index (χ0v) is 12.8. The molecule has 0 radical (unpaired) electrons. The zero-order chi connectivity index (χ0) is 15.6. The number of benzene rings is 2. The van der Waals surface area contributed by atoms with Crippen molar-refractivity contribution in [1.82, 2.24) is 10.2 Å². The maximum absolute atomic E-state index is 12.6. The first-order chi connectivity index (χ1) is 11.3. The maximum atomic E-state index is 12.6. The van der Waals surface area contributed by atoms with Gasteiger partial charge < -0.3 is 15.0 Å². The molecule has 4 rings (SSSR count). The summed E-state index contributed by atoms with van der Waals surface area (Å²) in [5.41, 5.74) is 0.887. The van der Waals surface area contributed by atoms with Crippen molar-refractivity contribution in [3.8, 4) is 11.5 Å². The molecule has 118 valence electrons. The summed E-state index contributed by atoms with van der Waals surface area (Å²) in [6, 6.07) is 17.7. The van der Waals surface area contributed by atoms with E-state index in [1.807, 2.05) is 64.4 Å². The smallest absolute Gasteiger partial charge is 0.324 e. The Morgan fingerprint density at radius 1 is 1.04 bits per heavy atom. The predicted molar refractivity (Wildman–Crippen MR) is 89.1 cm³/mol. The third kappa shape index (κ3) is 2.75. The number of anilines is 1. The van der Waals surface area contributed by atoms with Crippen molar-refractivity contribution >= 4 is 11.7 Å². The maximum Gasteiger partial charge on any atom is 0.324 e. The number of carbonyl (C=O) groups is 1. The van der Waals surface area contributed by atoms with Crippen LogP contribution in [0.4, 0.5) is 10.5 Å². The molecule has 2 heterocycles. The Labute approximate surface area is 135 Å². The number of para-hydroxylation sites is 1. The lowest BCUT2D eigenvalue weighted by Crippen LogP contribution is -2.49. The largest absolute Gasteiger partial charge is 0.457 e. The molecule has 2 saturated heterocycles. The van der Waals surface area contributed by atoms with Crippen molar-refractivity contribution in [2.45, 2.75) is 6.04 Å². The Bertz CT molecular complexity index is 704. The van der Waals surface area contributed by atoms with Gasteiger partial charge in [-0.15, -0.1) is 0 Å². The number of amides is 2. The van der Waals surface area contributed by atoms with Crippen LogP contribution in [0.15, 0.2) is 54.6 Å². The molecule has 1 unspecified atom stereocenters. The standard InChI is InChI=1S/C18H19N3O2/c22-18-20-10-9-19-12-15(20)13-21(18)14-5-4-8-17(11-14)23-16-6-2-1-3-7-16/h1-8,11,15,19H,9-10,12-13H2. The van der Waals surface area contributed by atoms with E-state index in [1.165, 1.54) is 0 Å². The summed E-state index contributed by atoms with van der Waals surface area (Å²) in [5, 5.41) is 3.35. The third-order valence-electron chi connectivity index (χ3n) is 4.33. The molecule has 0 bridgehead atoms. The van der Waals surface area contributed by atoms with E-state index in [1.54, 1.807) is 0 Å². The highest BCUT2D eigenvalue weighted by Gasteiger charge is 2.39. The molecule has 5 heteroatoms. The number of carbonyl (C=O) groups excluding carboxylic acids is 1. The number of urea groups is 1. The van der Waals surface area contributed by atoms with Crippen LogP contribution in [0.3, 0.4) is 0 Å². The quantitative estimate of drug-likeness (QED) is 0.948. The first kappa shape index (κ1) is 14.1. The van der Waals surface area contributed by atoms with Crippen LogP contribution in [0, 0.1) is 0 Å². The molecule has 0 spiro atoms. The minimum absolute atomic E-state index is 0.0911. The van der Waals surface area contributed by atoms with E-state index in [2.05, 4.69) is 5.32 Å². The highest BCUT2D eigenvalue weighted by atomic mass is 16.5. The van der Waals surface area contributed by atoms with Crippen LogP contribution in [0.1, 0.15) is 0 Å². The van der Waals surface area contributed by atoms with E-state index < -0.39 is 0 Å². The van der Waals surface area contributed by atoms with Crippen LogP contribution >= 0.6 is 0 Å². The monoisotopic (exact) mass is 309 g/mol. The first-order valence-electron chi connectivity index (χ1n) is 7.93. The third-order valence-corrected chi connectivity index (χ3v) is 4.33. The predicted octanol–water partition coefficient (Wildman–Crippen LogP) is 2.69. The number of fused-ring (bicyclic) bond motifs is 1. The number of hydrogen-bond donors (Lipinski definition) is 1. The van der Waals surface area contributed by atoms with Gasteiger partial charge in [0.1, 0.15) is 11.5 Å². The molecular formula is C18H19N3O2. The normalized spacial score (nSPS) is 20.5. The minimum Gasteiger partial charge on any atom is -0.457 e. The molecule has 0 aliphatic carbocycles. The zero-order valence-electron chi connectivity index (χ0n) is 12.8. The van der Waals surface area contributed by atoms with Crippen molar-refractivity contribution in [2.75, 3.05) is 31.1 Å². The van der Waals surface area contributed by atoms with E-state index in [0.717, 1.165) is 43.4 Å². The molecule has 2 aromatic carbocycles. The average Bonchev–Trinajstić information content (AvgIpc) is 2.93. The summed E-state index contributed by atoms with van der Waals surface area (Å²) in [6.45, 7) is 3.23. The van der Waals surface area contributed by atoms with E-state index in [0.29, 0.717) is 0 Å². The van der Waals surface area contributed by atoms with Gasteiger partial charge in [-0.2, -0.15) is 0 Å². The molecule has 5 nitrogen and oxygen atoms in total. The van der Waals surface area contributed by atoms with Gasteiger partial charge in [-0.1, -0.05) is 24.3 Å². The fraction of sp³-hybridized carbons (Fsp3) is 0.278. The molecule has 2 aromatic rings.